The lowest BCUT2D eigenvalue weighted by Crippen LogP contribution is -2.55. The first kappa shape index (κ1) is 13.8. The van der Waals surface area contributed by atoms with Crippen molar-refractivity contribution < 1.29 is 4.79 Å². The second kappa shape index (κ2) is 6.47. The van der Waals surface area contributed by atoms with E-state index in [1.807, 2.05) is 6.92 Å². The van der Waals surface area contributed by atoms with Gasteiger partial charge in [0.25, 0.3) is 0 Å². The summed E-state index contributed by atoms with van der Waals surface area (Å²) >= 11 is 0. The highest BCUT2D eigenvalue weighted by molar-refractivity contribution is 5.84. The highest BCUT2D eigenvalue weighted by Crippen LogP contribution is 2.33. The third-order valence-corrected chi connectivity index (χ3v) is 3.48. The summed E-state index contributed by atoms with van der Waals surface area (Å²) < 4.78 is 0. The zero-order chi connectivity index (χ0) is 12.7. The van der Waals surface area contributed by atoms with E-state index in [1.54, 1.807) is 0 Å². The van der Waals surface area contributed by atoms with Gasteiger partial charge in [0.15, 0.2) is 0 Å². The quantitative estimate of drug-likeness (QED) is 0.291. The van der Waals surface area contributed by atoms with Crippen molar-refractivity contribution in [2.24, 2.45) is 16.8 Å². The van der Waals surface area contributed by atoms with Crippen molar-refractivity contribution in [3.8, 4) is 0 Å². The molecule has 0 aliphatic heterocycles. The standard InChI is InChI=1S/C11H21N5O/c1-11(10(12)17,8-9-4-2-5-9)14-6-3-7-15-16-13/h9,14H,2-8H2,1H3,(H2,12,17). The van der Waals surface area contributed by atoms with Crippen LogP contribution in [0.25, 0.3) is 10.4 Å². The van der Waals surface area contributed by atoms with Crippen LogP contribution in [0.5, 0.6) is 0 Å². The second-order valence-corrected chi connectivity index (χ2v) is 4.93. The Bertz CT molecular complexity index is 309. The second-order valence-electron chi connectivity index (χ2n) is 4.93. The van der Waals surface area contributed by atoms with Gasteiger partial charge in [0, 0.05) is 11.5 Å². The van der Waals surface area contributed by atoms with Crippen LogP contribution in [0.4, 0.5) is 0 Å². The van der Waals surface area contributed by atoms with E-state index in [2.05, 4.69) is 15.3 Å². The number of hydrogen-bond donors (Lipinski definition) is 2. The van der Waals surface area contributed by atoms with Crippen molar-refractivity contribution in [2.75, 3.05) is 13.1 Å². The van der Waals surface area contributed by atoms with Gasteiger partial charge < -0.3 is 11.1 Å². The van der Waals surface area contributed by atoms with Gasteiger partial charge >= 0.3 is 0 Å². The van der Waals surface area contributed by atoms with Crippen LogP contribution in [-0.4, -0.2) is 24.5 Å². The molecule has 1 rings (SSSR count). The van der Waals surface area contributed by atoms with Gasteiger partial charge in [-0.05, 0) is 37.8 Å². The van der Waals surface area contributed by atoms with E-state index < -0.39 is 5.54 Å². The number of primary amides is 1. The van der Waals surface area contributed by atoms with Gasteiger partial charge in [-0.2, -0.15) is 0 Å². The third kappa shape index (κ3) is 4.24. The Morgan fingerprint density at radius 2 is 2.35 bits per heavy atom. The monoisotopic (exact) mass is 239 g/mol. The Morgan fingerprint density at radius 1 is 1.65 bits per heavy atom. The van der Waals surface area contributed by atoms with E-state index in [0.29, 0.717) is 19.0 Å². The lowest BCUT2D eigenvalue weighted by Gasteiger charge is -2.35. The highest BCUT2D eigenvalue weighted by Gasteiger charge is 2.35. The lowest BCUT2D eigenvalue weighted by molar-refractivity contribution is -0.124. The van der Waals surface area contributed by atoms with Crippen LogP contribution in [0.2, 0.25) is 0 Å². The van der Waals surface area contributed by atoms with Crippen LogP contribution in [0.1, 0.15) is 39.0 Å². The minimum atomic E-state index is -0.624. The summed E-state index contributed by atoms with van der Waals surface area (Å²) in [5, 5.41) is 6.64. The van der Waals surface area contributed by atoms with Gasteiger partial charge in [0.1, 0.15) is 0 Å². The van der Waals surface area contributed by atoms with Crippen LogP contribution in [0.3, 0.4) is 0 Å². The minimum absolute atomic E-state index is 0.298. The molecule has 1 fully saturated rings. The number of carbonyl (C=O) groups is 1. The SMILES string of the molecule is CC(CC1CCC1)(NCCCN=[N+]=[N-])C(N)=O. The maximum Gasteiger partial charge on any atom is 0.237 e. The summed E-state index contributed by atoms with van der Waals surface area (Å²) in [7, 11) is 0. The number of carbonyl (C=O) groups excluding carboxylic acids is 1. The summed E-state index contributed by atoms with van der Waals surface area (Å²) in [5.74, 6) is 0.324. The van der Waals surface area contributed by atoms with Crippen molar-refractivity contribution >= 4 is 5.91 Å². The Morgan fingerprint density at radius 3 is 2.82 bits per heavy atom. The van der Waals surface area contributed by atoms with Crippen molar-refractivity contribution in [1.82, 2.24) is 5.32 Å². The number of hydrogen-bond acceptors (Lipinski definition) is 3. The summed E-state index contributed by atoms with van der Waals surface area (Å²) in [6.45, 7) is 2.95. The first-order valence-corrected chi connectivity index (χ1v) is 6.14. The van der Waals surface area contributed by atoms with Gasteiger partial charge in [-0.25, -0.2) is 0 Å². The van der Waals surface area contributed by atoms with Crippen molar-refractivity contribution in [1.29, 1.82) is 0 Å². The maximum atomic E-state index is 11.5. The predicted octanol–water partition coefficient (Wildman–Crippen LogP) is 1.71. The van der Waals surface area contributed by atoms with Crippen LogP contribution in [0.15, 0.2) is 5.11 Å². The van der Waals surface area contributed by atoms with E-state index in [0.717, 1.165) is 12.8 Å². The molecule has 1 saturated carbocycles. The number of nitrogens with zero attached hydrogens (tertiary/aromatic N) is 3. The molecule has 0 radical (unpaired) electrons. The van der Waals surface area contributed by atoms with E-state index in [-0.39, 0.29) is 5.91 Å². The molecule has 1 unspecified atom stereocenters. The number of nitrogens with one attached hydrogen (secondary N) is 1. The van der Waals surface area contributed by atoms with Crippen molar-refractivity contribution in [3.05, 3.63) is 10.4 Å². The van der Waals surface area contributed by atoms with Crippen LogP contribution >= 0.6 is 0 Å². The highest BCUT2D eigenvalue weighted by atomic mass is 16.1. The minimum Gasteiger partial charge on any atom is -0.368 e. The molecule has 1 aliphatic carbocycles. The first-order valence-electron chi connectivity index (χ1n) is 6.14. The molecule has 96 valence electrons. The molecule has 0 bridgehead atoms. The van der Waals surface area contributed by atoms with Crippen molar-refractivity contribution in [3.63, 3.8) is 0 Å². The molecule has 6 nitrogen and oxygen atoms in total. The zero-order valence-corrected chi connectivity index (χ0v) is 10.4. The maximum absolute atomic E-state index is 11.5. The van der Waals surface area contributed by atoms with E-state index in [4.69, 9.17) is 11.3 Å². The van der Waals surface area contributed by atoms with Gasteiger partial charge in [-0.3, -0.25) is 4.79 Å². The molecule has 0 aromatic heterocycles. The third-order valence-electron chi connectivity index (χ3n) is 3.48. The molecular weight excluding hydrogens is 218 g/mol. The topological polar surface area (TPSA) is 104 Å². The summed E-state index contributed by atoms with van der Waals surface area (Å²) in [4.78, 5) is 14.2. The average Bonchev–Trinajstić information content (AvgIpc) is 2.23. The molecule has 6 heteroatoms. The summed E-state index contributed by atoms with van der Waals surface area (Å²) in [5.41, 5.74) is 13.0. The van der Waals surface area contributed by atoms with E-state index in [1.165, 1.54) is 19.3 Å². The Labute approximate surface area is 102 Å². The summed E-state index contributed by atoms with van der Waals surface area (Å²) in [6, 6.07) is 0. The Kier molecular flexibility index (Phi) is 5.25. The Hall–Kier alpha value is -1.26. The largest absolute Gasteiger partial charge is 0.368 e. The molecule has 17 heavy (non-hydrogen) atoms. The van der Waals surface area contributed by atoms with Crippen molar-refractivity contribution in [2.45, 2.75) is 44.6 Å². The fraction of sp³-hybridized carbons (Fsp3) is 0.909. The fourth-order valence-corrected chi connectivity index (χ4v) is 2.09. The number of amides is 1. The van der Waals surface area contributed by atoms with E-state index in [9.17, 15) is 4.79 Å². The molecule has 1 amide bonds. The summed E-state index contributed by atoms with van der Waals surface area (Å²) in [6.07, 6.45) is 5.18. The molecule has 0 aromatic rings. The first-order chi connectivity index (χ1) is 8.08. The predicted molar refractivity (Wildman–Crippen MR) is 66.2 cm³/mol. The normalized spacial score (nSPS) is 18.9. The van der Waals surface area contributed by atoms with Crippen LogP contribution in [-0.2, 0) is 4.79 Å². The van der Waals surface area contributed by atoms with Gasteiger partial charge in [-0.15, -0.1) is 0 Å². The molecule has 0 heterocycles. The molecule has 1 atom stereocenters. The average molecular weight is 239 g/mol. The van der Waals surface area contributed by atoms with Gasteiger partial charge in [0.05, 0.1) is 5.54 Å². The smallest absolute Gasteiger partial charge is 0.237 e. The van der Waals surface area contributed by atoms with Crippen LogP contribution in [0, 0.1) is 5.92 Å². The molecule has 0 spiro atoms. The molecule has 1 aliphatic rings. The number of azide groups is 1. The Balaban J connectivity index is 2.35. The zero-order valence-electron chi connectivity index (χ0n) is 10.4. The molecule has 3 N–H and O–H groups in total. The molecule has 0 aromatic carbocycles. The van der Waals surface area contributed by atoms with E-state index >= 15 is 0 Å². The molecule has 0 saturated heterocycles. The number of nitrogens with two attached hydrogens (primary N) is 1. The molecular formula is C11H21N5O. The van der Waals surface area contributed by atoms with Crippen LogP contribution < -0.4 is 11.1 Å². The fourth-order valence-electron chi connectivity index (χ4n) is 2.09. The number of rotatable bonds is 8. The van der Waals surface area contributed by atoms with Gasteiger partial charge in [0.2, 0.25) is 5.91 Å². The van der Waals surface area contributed by atoms with Gasteiger partial charge in [-0.1, -0.05) is 24.4 Å². The lowest BCUT2D eigenvalue weighted by atomic mass is 9.76.